The Hall–Kier alpha value is -3.12. The molecule has 0 aliphatic carbocycles. The van der Waals surface area contributed by atoms with Crippen molar-refractivity contribution in [1.29, 1.82) is 0 Å². The summed E-state index contributed by atoms with van der Waals surface area (Å²) in [6, 6.07) is 19.8. The van der Waals surface area contributed by atoms with Crippen molar-refractivity contribution >= 4 is 17.5 Å². The average Bonchev–Trinajstić information content (AvgIpc) is 2.68. The van der Waals surface area contributed by atoms with E-state index in [0.717, 1.165) is 35.9 Å². The molecule has 0 saturated heterocycles. The predicted octanol–water partition coefficient (Wildman–Crippen LogP) is 3.77. The molecule has 0 spiro atoms. The standard InChI is InChI=1S/C21H25N5O/c1-26(2)15-14-23-21-22-13-12-20(25-21)24-18-8-10-19(11-9-18)27-16-17-6-4-3-5-7-17/h3-13H,14-16H2,1-2H3,(H2,22,23,24,25). The molecule has 3 rings (SSSR count). The van der Waals surface area contributed by atoms with Crippen molar-refractivity contribution in [2.75, 3.05) is 37.8 Å². The summed E-state index contributed by atoms with van der Waals surface area (Å²) in [4.78, 5) is 10.8. The third kappa shape index (κ3) is 6.27. The molecule has 140 valence electrons. The summed E-state index contributed by atoms with van der Waals surface area (Å²) in [6.07, 6.45) is 1.74. The summed E-state index contributed by atoms with van der Waals surface area (Å²) in [5, 5.41) is 6.51. The Morgan fingerprint density at radius 3 is 2.48 bits per heavy atom. The van der Waals surface area contributed by atoms with Crippen LogP contribution < -0.4 is 15.4 Å². The van der Waals surface area contributed by atoms with Gasteiger partial charge in [0.2, 0.25) is 5.95 Å². The predicted molar refractivity (Wildman–Crippen MR) is 110 cm³/mol. The van der Waals surface area contributed by atoms with Crippen molar-refractivity contribution in [3.63, 3.8) is 0 Å². The number of rotatable bonds is 9. The Bertz CT molecular complexity index is 821. The van der Waals surface area contributed by atoms with E-state index in [0.29, 0.717) is 12.6 Å². The maximum atomic E-state index is 5.81. The van der Waals surface area contributed by atoms with Crippen LogP contribution in [0.2, 0.25) is 0 Å². The Labute approximate surface area is 160 Å². The van der Waals surface area contributed by atoms with Gasteiger partial charge in [0.25, 0.3) is 0 Å². The van der Waals surface area contributed by atoms with Crippen molar-refractivity contribution in [3.8, 4) is 5.75 Å². The number of likely N-dealkylation sites (N-methyl/N-ethyl adjacent to an activating group) is 1. The minimum atomic E-state index is 0.557. The summed E-state index contributed by atoms with van der Waals surface area (Å²) in [7, 11) is 4.07. The molecule has 0 fully saturated rings. The highest BCUT2D eigenvalue weighted by Crippen LogP contribution is 2.20. The molecular formula is C21H25N5O. The average molecular weight is 363 g/mol. The van der Waals surface area contributed by atoms with E-state index in [1.165, 1.54) is 0 Å². The van der Waals surface area contributed by atoms with Gasteiger partial charge < -0.3 is 20.3 Å². The van der Waals surface area contributed by atoms with Crippen molar-refractivity contribution in [2.24, 2.45) is 0 Å². The van der Waals surface area contributed by atoms with E-state index in [1.807, 2.05) is 62.6 Å². The molecule has 0 saturated carbocycles. The molecule has 0 aliphatic heterocycles. The van der Waals surface area contributed by atoms with Crippen LogP contribution in [0.25, 0.3) is 0 Å². The fraction of sp³-hybridized carbons (Fsp3) is 0.238. The van der Waals surface area contributed by atoms with Gasteiger partial charge in [-0.3, -0.25) is 0 Å². The van der Waals surface area contributed by atoms with Crippen molar-refractivity contribution < 1.29 is 4.74 Å². The van der Waals surface area contributed by atoms with Gasteiger partial charge in [-0.2, -0.15) is 4.98 Å². The first-order chi connectivity index (χ1) is 13.2. The van der Waals surface area contributed by atoms with Gasteiger partial charge in [-0.15, -0.1) is 0 Å². The molecule has 0 radical (unpaired) electrons. The molecule has 0 atom stereocenters. The van der Waals surface area contributed by atoms with E-state index in [2.05, 4.69) is 37.6 Å². The van der Waals surface area contributed by atoms with Crippen LogP contribution in [0.15, 0.2) is 66.9 Å². The van der Waals surface area contributed by atoms with E-state index in [9.17, 15) is 0 Å². The zero-order chi connectivity index (χ0) is 18.9. The fourth-order valence-electron chi connectivity index (χ4n) is 2.43. The first kappa shape index (κ1) is 18.7. The molecule has 0 bridgehead atoms. The first-order valence-corrected chi connectivity index (χ1v) is 8.94. The van der Waals surface area contributed by atoms with Crippen molar-refractivity contribution in [3.05, 3.63) is 72.4 Å². The van der Waals surface area contributed by atoms with Crippen LogP contribution in [0.1, 0.15) is 5.56 Å². The highest BCUT2D eigenvalue weighted by atomic mass is 16.5. The summed E-state index contributed by atoms with van der Waals surface area (Å²) in [6.45, 7) is 2.27. The molecule has 3 aromatic rings. The van der Waals surface area contributed by atoms with Gasteiger partial charge in [-0.05, 0) is 50.0 Å². The number of ether oxygens (including phenoxy) is 1. The quantitative estimate of drug-likeness (QED) is 0.603. The van der Waals surface area contributed by atoms with E-state index in [1.54, 1.807) is 6.20 Å². The molecule has 6 nitrogen and oxygen atoms in total. The van der Waals surface area contributed by atoms with Crippen LogP contribution in [-0.2, 0) is 6.61 Å². The second kappa shape index (κ2) is 9.54. The summed E-state index contributed by atoms with van der Waals surface area (Å²) in [5.41, 5.74) is 2.09. The zero-order valence-corrected chi connectivity index (χ0v) is 15.7. The molecule has 1 aromatic heterocycles. The topological polar surface area (TPSA) is 62.3 Å². The Balaban J connectivity index is 1.53. The molecule has 6 heteroatoms. The van der Waals surface area contributed by atoms with Crippen LogP contribution in [-0.4, -0.2) is 42.1 Å². The maximum Gasteiger partial charge on any atom is 0.224 e. The van der Waals surface area contributed by atoms with Gasteiger partial charge in [0, 0.05) is 25.0 Å². The Morgan fingerprint density at radius 1 is 0.963 bits per heavy atom. The first-order valence-electron chi connectivity index (χ1n) is 8.94. The molecule has 0 amide bonds. The van der Waals surface area contributed by atoms with Gasteiger partial charge in [0.05, 0.1) is 0 Å². The second-order valence-electron chi connectivity index (χ2n) is 6.42. The minimum absolute atomic E-state index is 0.557. The molecular weight excluding hydrogens is 338 g/mol. The fourth-order valence-corrected chi connectivity index (χ4v) is 2.43. The number of hydrogen-bond acceptors (Lipinski definition) is 6. The number of nitrogens with one attached hydrogen (secondary N) is 2. The van der Waals surface area contributed by atoms with Gasteiger partial charge in [-0.25, -0.2) is 4.98 Å². The summed E-state index contributed by atoms with van der Waals surface area (Å²) < 4.78 is 5.81. The van der Waals surface area contributed by atoms with Crippen molar-refractivity contribution in [1.82, 2.24) is 14.9 Å². The highest BCUT2D eigenvalue weighted by molar-refractivity contribution is 5.57. The van der Waals surface area contributed by atoms with Crippen LogP contribution in [0.4, 0.5) is 17.5 Å². The summed E-state index contributed by atoms with van der Waals surface area (Å²) in [5.74, 6) is 2.19. The van der Waals surface area contributed by atoms with Crippen LogP contribution in [0.3, 0.4) is 0 Å². The number of benzene rings is 2. The molecule has 2 aromatic carbocycles. The van der Waals surface area contributed by atoms with E-state index in [4.69, 9.17) is 4.74 Å². The molecule has 1 heterocycles. The van der Waals surface area contributed by atoms with Crippen molar-refractivity contribution in [2.45, 2.75) is 6.61 Å². The smallest absolute Gasteiger partial charge is 0.224 e. The zero-order valence-electron chi connectivity index (χ0n) is 15.7. The number of anilines is 3. The number of aromatic nitrogens is 2. The lowest BCUT2D eigenvalue weighted by atomic mass is 10.2. The second-order valence-corrected chi connectivity index (χ2v) is 6.42. The Morgan fingerprint density at radius 2 is 1.74 bits per heavy atom. The van der Waals surface area contributed by atoms with Gasteiger partial charge >= 0.3 is 0 Å². The largest absolute Gasteiger partial charge is 0.489 e. The van der Waals surface area contributed by atoms with Gasteiger partial charge in [-0.1, -0.05) is 30.3 Å². The molecule has 27 heavy (non-hydrogen) atoms. The number of nitrogens with zero attached hydrogens (tertiary/aromatic N) is 3. The lowest BCUT2D eigenvalue weighted by Crippen LogP contribution is -2.21. The normalized spacial score (nSPS) is 10.6. The monoisotopic (exact) mass is 363 g/mol. The van der Waals surface area contributed by atoms with E-state index >= 15 is 0 Å². The third-order valence-corrected chi connectivity index (χ3v) is 3.87. The Kier molecular flexibility index (Phi) is 6.60. The van der Waals surface area contributed by atoms with Crippen LogP contribution >= 0.6 is 0 Å². The van der Waals surface area contributed by atoms with Crippen LogP contribution in [0.5, 0.6) is 5.75 Å². The summed E-state index contributed by atoms with van der Waals surface area (Å²) >= 11 is 0. The maximum absolute atomic E-state index is 5.81. The molecule has 0 aliphatic rings. The van der Waals surface area contributed by atoms with E-state index in [-0.39, 0.29) is 0 Å². The van der Waals surface area contributed by atoms with Crippen LogP contribution in [0, 0.1) is 0 Å². The lowest BCUT2D eigenvalue weighted by Gasteiger charge is -2.11. The molecule has 0 unspecified atom stereocenters. The van der Waals surface area contributed by atoms with Gasteiger partial charge in [0.1, 0.15) is 18.2 Å². The van der Waals surface area contributed by atoms with Gasteiger partial charge in [0.15, 0.2) is 0 Å². The SMILES string of the molecule is CN(C)CCNc1nccc(Nc2ccc(OCc3ccccc3)cc2)n1. The number of hydrogen-bond donors (Lipinski definition) is 2. The minimum Gasteiger partial charge on any atom is -0.489 e. The van der Waals surface area contributed by atoms with E-state index < -0.39 is 0 Å². The third-order valence-electron chi connectivity index (χ3n) is 3.87. The molecule has 2 N–H and O–H groups in total. The highest BCUT2D eigenvalue weighted by Gasteiger charge is 2.01. The lowest BCUT2D eigenvalue weighted by molar-refractivity contribution is 0.306.